The van der Waals surface area contributed by atoms with Gasteiger partial charge in [0.25, 0.3) is 0 Å². The third-order valence-corrected chi connectivity index (χ3v) is 5.53. The lowest BCUT2D eigenvalue weighted by atomic mass is 10.1. The molecule has 1 N–H and O–H groups in total. The Kier molecular flexibility index (Phi) is 4.41. The van der Waals surface area contributed by atoms with Gasteiger partial charge < -0.3 is 5.11 Å². The van der Waals surface area contributed by atoms with Gasteiger partial charge in [0, 0.05) is 13.6 Å². The number of hydrogen-bond donors (Lipinski definition) is 1. The second-order valence-corrected chi connectivity index (χ2v) is 7.16. The molecule has 1 aromatic rings. The Morgan fingerprint density at radius 3 is 2.55 bits per heavy atom. The van der Waals surface area contributed by atoms with Crippen molar-refractivity contribution in [2.45, 2.75) is 30.3 Å². The highest BCUT2D eigenvalue weighted by atomic mass is 32.2. The van der Waals surface area contributed by atoms with Crippen LogP contribution in [0.15, 0.2) is 23.1 Å². The van der Waals surface area contributed by atoms with E-state index in [0.29, 0.717) is 12.5 Å². The first-order chi connectivity index (χ1) is 9.32. The van der Waals surface area contributed by atoms with Crippen LogP contribution in [0.4, 0.5) is 8.78 Å². The van der Waals surface area contributed by atoms with Crippen molar-refractivity contribution >= 4 is 10.0 Å². The molecule has 1 aliphatic carbocycles. The maximum atomic E-state index is 13.1. The van der Waals surface area contributed by atoms with E-state index >= 15 is 0 Å². The van der Waals surface area contributed by atoms with Crippen molar-refractivity contribution in [3.8, 4) is 0 Å². The van der Waals surface area contributed by atoms with Gasteiger partial charge in [0.1, 0.15) is 0 Å². The first kappa shape index (κ1) is 15.3. The zero-order valence-corrected chi connectivity index (χ0v) is 11.9. The monoisotopic (exact) mass is 305 g/mol. The first-order valence-electron chi connectivity index (χ1n) is 6.42. The highest BCUT2D eigenvalue weighted by Crippen LogP contribution is 2.27. The van der Waals surface area contributed by atoms with E-state index in [0.717, 1.165) is 29.3 Å². The average molecular weight is 305 g/mol. The van der Waals surface area contributed by atoms with Crippen molar-refractivity contribution < 1.29 is 22.3 Å². The van der Waals surface area contributed by atoms with Gasteiger partial charge in [-0.05, 0) is 37.0 Å². The summed E-state index contributed by atoms with van der Waals surface area (Å²) in [7, 11) is -2.50. The molecule has 2 unspecified atom stereocenters. The average Bonchev–Trinajstić information content (AvgIpc) is 2.78. The number of nitrogens with zero attached hydrogens (tertiary/aromatic N) is 1. The minimum atomic E-state index is -3.87. The zero-order valence-electron chi connectivity index (χ0n) is 11.1. The predicted octanol–water partition coefficient (Wildman–Crippen LogP) is 1.75. The van der Waals surface area contributed by atoms with E-state index in [1.807, 2.05) is 0 Å². The molecule has 2 rings (SSSR count). The molecule has 112 valence electrons. The third kappa shape index (κ3) is 2.99. The largest absolute Gasteiger partial charge is 0.393 e. The number of aliphatic hydroxyl groups is 1. The fourth-order valence-electron chi connectivity index (χ4n) is 2.48. The lowest BCUT2D eigenvalue weighted by Gasteiger charge is -2.22. The summed E-state index contributed by atoms with van der Waals surface area (Å²) in [5, 5.41) is 9.72. The Balaban J connectivity index is 2.18. The van der Waals surface area contributed by atoms with Gasteiger partial charge >= 0.3 is 0 Å². The van der Waals surface area contributed by atoms with Crippen LogP contribution in [0.25, 0.3) is 0 Å². The standard InChI is InChI=1S/C13H17F2NO3S/c1-16(8-9-3-2-4-13(9)17)20(18,19)10-5-6-11(14)12(15)7-10/h5-7,9,13,17H,2-4,8H2,1H3. The third-order valence-electron chi connectivity index (χ3n) is 3.71. The van der Waals surface area contributed by atoms with Gasteiger partial charge in [0.15, 0.2) is 11.6 Å². The summed E-state index contributed by atoms with van der Waals surface area (Å²) in [4.78, 5) is -0.286. The molecule has 1 aliphatic rings. The lowest BCUT2D eigenvalue weighted by Crippen LogP contribution is -2.34. The van der Waals surface area contributed by atoms with Gasteiger partial charge in [0.2, 0.25) is 10.0 Å². The molecule has 2 atom stereocenters. The summed E-state index contributed by atoms with van der Waals surface area (Å²) >= 11 is 0. The van der Waals surface area contributed by atoms with Crippen LogP contribution in [0.1, 0.15) is 19.3 Å². The Labute approximate surface area is 117 Å². The Morgan fingerprint density at radius 2 is 2.00 bits per heavy atom. The molecular weight excluding hydrogens is 288 g/mol. The second-order valence-electron chi connectivity index (χ2n) is 5.12. The highest BCUT2D eigenvalue weighted by molar-refractivity contribution is 7.89. The number of benzene rings is 1. The molecular formula is C13H17F2NO3S. The number of halogens is 2. The molecule has 1 fully saturated rings. The number of rotatable bonds is 4. The van der Waals surface area contributed by atoms with Crippen LogP contribution >= 0.6 is 0 Å². The molecule has 4 nitrogen and oxygen atoms in total. The zero-order chi connectivity index (χ0) is 14.9. The van der Waals surface area contributed by atoms with E-state index in [1.165, 1.54) is 7.05 Å². The van der Waals surface area contributed by atoms with E-state index < -0.39 is 27.8 Å². The summed E-state index contributed by atoms with van der Waals surface area (Å²) in [6.45, 7) is 0.169. The molecule has 0 radical (unpaired) electrons. The van der Waals surface area contributed by atoms with E-state index in [4.69, 9.17) is 0 Å². The number of hydrogen-bond acceptors (Lipinski definition) is 3. The van der Waals surface area contributed by atoms with Crippen molar-refractivity contribution in [3.05, 3.63) is 29.8 Å². The number of sulfonamides is 1. The molecule has 0 aliphatic heterocycles. The molecule has 0 bridgehead atoms. The smallest absolute Gasteiger partial charge is 0.242 e. The molecule has 0 spiro atoms. The van der Waals surface area contributed by atoms with Crippen molar-refractivity contribution in [1.29, 1.82) is 0 Å². The van der Waals surface area contributed by atoms with Crippen LogP contribution in [0, 0.1) is 17.6 Å². The highest BCUT2D eigenvalue weighted by Gasteiger charge is 2.30. The van der Waals surface area contributed by atoms with Crippen LogP contribution in [-0.2, 0) is 10.0 Å². The minimum absolute atomic E-state index is 0.111. The van der Waals surface area contributed by atoms with Crippen LogP contribution in [0.2, 0.25) is 0 Å². The normalized spacial score (nSPS) is 23.4. The van der Waals surface area contributed by atoms with Gasteiger partial charge in [-0.3, -0.25) is 0 Å². The summed E-state index contributed by atoms with van der Waals surface area (Å²) in [5.74, 6) is -2.39. The molecule has 1 saturated carbocycles. The van der Waals surface area contributed by atoms with Gasteiger partial charge in [-0.1, -0.05) is 6.42 Å². The second kappa shape index (κ2) is 5.75. The summed E-state index contributed by atoms with van der Waals surface area (Å²) in [6.07, 6.45) is 1.80. The first-order valence-corrected chi connectivity index (χ1v) is 7.86. The van der Waals surface area contributed by atoms with Crippen LogP contribution < -0.4 is 0 Å². The lowest BCUT2D eigenvalue weighted by molar-refractivity contribution is 0.123. The SMILES string of the molecule is CN(CC1CCCC1O)S(=O)(=O)c1ccc(F)c(F)c1. The van der Waals surface area contributed by atoms with Crippen molar-refractivity contribution in [3.63, 3.8) is 0 Å². The van der Waals surface area contributed by atoms with Gasteiger partial charge in [-0.25, -0.2) is 21.5 Å². The molecule has 20 heavy (non-hydrogen) atoms. The van der Waals surface area contributed by atoms with E-state index in [9.17, 15) is 22.3 Å². The Morgan fingerprint density at radius 1 is 1.30 bits per heavy atom. The Bertz CT molecular complexity index is 591. The fraction of sp³-hybridized carbons (Fsp3) is 0.538. The topological polar surface area (TPSA) is 57.6 Å². The van der Waals surface area contributed by atoms with E-state index in [1.54, 1.807) is 0 Å². The molecule has 0 amide bonds. The summed E-state index contributed by atoms with van der Waals surface area (Å²) in [6, 6.07) is 2.50. The van der Waals surface area contributed by atoms with Crippen LogP contribution in [0.3, 0.4) is 0 Å². The Hall–Kier alpha value is -1.05. The molecule has 1 aromatic carbocycles. The summed E-state index contributed by atoms with van der Waals surface area (Å²) < 4.78 is 51.6. The van der Waals surface area contributed by atoms with E-state index in [2.05, 4.69) is 0 Å². The number of aliphatic hydroxyl groups excluding tert-OH is 1. The minimum Gasteiger partial charge on any atom is -0.393 e. The quantitative estimate of drug-likeness (QED) is 0.922. The van der Waals surface area contributed by atoms with Gasteiger partial charge in [0.05, 0.1) is 11.0 Å². The molecule has 7 heteroatoms. The van der Waals surface area contributed by atoms with Crippen LogP contribution in [0.5, 0.6) is 0 Å². The van der Waals surface area contributed by atoms with Crippen molar-refractivity contribution in [2.75, 3.05) is 13.6 Å². The van der Waals surface area contributed by atoms with Crippen LogP contribution in [-0.4, -0.2) is 37.5 Å². The molecule has 0 saturated heterocycles. The van der Waals surface area contributed by atoms with Crippen molar-refractivity contribution in [1.82, 2.24) is 4.31 Å². The fourth-order valence-corrected chi connectivity index (χ4v) is 3.72. The maximum Gasteiger partial charge on any atom is 0.242 e. The molecule has 0 aromatic heterocycles. The summed E-state index contributed by atoms with van der Waals surface area (Å²) in [5.41, 5.74) is 0. The van der Waals surface area contributed by atoms with Gasteiger partial charge in [-0.15, -0.1) is 0 Å². The van der Waals surface area contributed by atoms with E-state index in [-0.39, 0.29) is 17.4 Å². The molecule has 0 heterocycles. The van der Waals surface area contributed by atoms with Crippen molar-refractivity contribution in [2.24, 2.45) is 5.92 Å². The van der Waals surface area contributed by atoms with Gasteiger partial charge in [-0.2, -0.15) is 0 Å². The maximum absolute atomic E-state index is 13.1. The predicted molar refractivity (Wildman–Crippen MR) is 69.5 cm³/mol.